The third kappa shape index (κ3) is 7.41. The summed E-state index contributed by atoms with van der Waals surface area (Å²) < 4.78 is 22.8. The second kappa shape index (κ2) is 11.4. The molecule has 8 heteroatoms. The normalized spacial score (nSPS) is 16.0. The van der Waals surface area contributed by atoms with Gasteiger partial charge in [0.1, 0.15) is 17.3 Å². The van der Waals surface area contributed by atoms with Gasteiger partial charge in [0, 0.05) is 34.1 Å². The number of hydrogen-bond donors (Lipinski definition) is 1. The highest BCUT2D eigenvalue weighted by molar-refractivity contribution is 7.84. The van der Waals surface area contributed by atoms with Gasteiger partial charge in [-0.25, -0.2) is 0 Å². The molecule has 1 aliphatic rings. The molecule has 0 spiro atoms. The first-order valence-electron chi connectivity index (χ1n) is 9.75. The molecule has 0 radical (unpaired) electrons. The molecule has 1 aliphatic heterocycles. The third-order valence-electron chi connectivity index (χ3n) is 4.55. The molecule has 1 fully saturated rings. The van der Waals surface area contributed by atoms with Gasteiger partial charge in [-0.2, -0.15) is 0 Å². The third-order valence-corrected chi connectivity index (χ3v) is 6.64. The minimum Gasteiger partial charge on any atom is -0.493 e. The Kier molecular flexibility index (Phi) is 8.57. The highest BCUT2D eigenvalue weighted by atomic mass is 32.2. The van der Waals surface area contributed by atoms with Crippen LogP contribution in [0.5, 0.6) is 5.75 Å². The minimum atomic E-state index is -1.26. The lowest BCUT2D eigenvalue weighted by Crippen LogP contribution is -2.30. The van der Waals surface area contributed by atoms with Crippen molar-refractivity contribution in [1.82, 2.24) is 10.2 Å². The maximum absolute atomic E-state index is 11.9. The summed E-state index contributed by atoms with van der Waals surface area (Å²) >= 11 is 1.74. The quantitative estimate of drug-likeness (QED) is 0.561. The van der Waals surface area contributed by atoms with Crippen LogP contribution in [0.3, 0.4) is 0 Å². The van der Waals surface area contributed by atoms with Crippen LogP contribution >= 0.6 is 11.3 Å². The fraction of sp³-hybridized carbons (Fsp3) is 0.550. The Balaban J connectivity index is 1.25. The first-order valence-corrected chi connectivity index (χ1v) is 12.1. The van der Waals surface area contributed by atoms with E-state index in [1.165, 1.54) is 43.5 Å². The first kappa shape index (κ1) is 21.1. The number of thiophene rings is 1. The molecule has 1 N–H and O–H groups in total. The van der Waals surface area contributed by atoms with Crippen LogP contribution in [-0.2, 0) is 27.9 Å². The standard InChI is InChI=1S/C20H28N2O4S2/c23-20(16-28(24)15-17-6-4-10-25-17)21-7-5-11-26-18-12-19(27-14-18)13-22-8-2-1-3-9-22/h4,6,10,12,14H,1-3,5,7-9,11,13,15-16H2,(H,21,23). The number of carbonyl (C=O) groups is 1. The molecule has 0 saturated carbocycles. The van der Waals surface area contributed by atoms with Gasteiger partial charge < -0.3 is 14.5 Å². The van der Waals surface area contributed by atoms with Crippen LogP contribution in [0.4, 0.5) is 0 Å². The molecule has 3 rings (SSSR count). The van der Waals surface area contributed by atoms with Crippen molar-refractivity contribution in [1.29, 1.82) is 0 Å². The maximum Gasteiger partial charge on any atom is 0.232 e. The molecule has 28 heavy (non-hydrogen) atoms. The van der Waals surface area contributed by atoms with E-state index in [9.17, 15) is 9.00 Å². The van der Waals surface area contributed by atoms with E-state index in [1.807, 2.05) is 0 Å². The molecule has 0 bridgehead atoms. The van der Waals surface area contributed by atoms with Gasteiger partial charge in [-0.15, -0.1) is 11.3 Å². The van der Waals surface area contributed by atoms with Crippen molar-refractivity contribution in [2.45, 2.75) is 38.0 Å². The zero-order valence-corrected chi connectivity index (χ0v) is 17.7. The van der Waals surface area contributed by atoms with Gasteiger partial charge >= 0.3 is 0 Å². The fourth-order valence-corrected chi connectivity index (χ4v) is 4.97. The zero-order chi connectivity index (χ0) is 19.6. The highest BCUT2D eigenvalue weighted by Crippen LogP contribution is 2.24. The number of piperidine rings is 1. The number of nitrogens with one attached hydrogen (secondary N) is 1. The second-order valence-corrected chi connectivity index (χ2v) is 9.40. The van der Waals surface area contributed by atoms with Crippen molar-refractivity contribution in [2.24, 2.45) is 0 Å². The molecule has 0 aliphatic carbocycles. The van der Waals surface area contributed by atoms with Crippen LogP contribution in [0.1, 0.15) is 36.3 Å². The van der Waals surface area contributed by atoms with E-state index >= 15 is 0 Å². The molecule has 1 amide bonds. The summed E-state index contributed by atoms with van der Waals surface area (Å²) in [5.74, 6) is 1.59. The molecule has 3 heterocycles. The fourth-order valence-electron chi connectivity index (χ4n) is 3.15. The molecule has 154 valence electrons. The summed E-state index contributed by atoms with van der Waals surface area (Å²) in [5.41, 5.74) is 0. The number of amides is 1. The maximum atomic E-state index is 11.9. The predicted octanol–water partition coefficient (Wildman–Crippen LogP) is 3.16. The number of hydrogen-bond acceptors (Lipinski definition) is 6. The van der Waals surface area contributed by atoms with Gasteiger partial charge in [0.05, 0.1) is 18.6 Å². The van der Waals surface area contributed by atoms with E-state index in [0.29, 0.717) is 25.3 Å². The van der Waals surface area contributed by atoms with Crippen LogP contribution in [0.2, 0.25) is 0 Å². The van der Waals surface area contributed by atoms with Gasteiger partial charge in [-0.3, -0.25) is 13.9 Å². The second-order valence-electron chi connectivity index (χ2n) is 6.95. The molecule has 1 unspecified atom stereocenters. The SMILES string of the molecule is O=C(CS(=O)Cc1ccco1)NCCCOc1csc(CN2CCCCC2)c1. The molecule has 0 aromatic carbocycles. The average Bonchev–Trinajstić information content (AvgIpc) is 3.34. The van der Waals surface area contributed by atoms with Gasteiger partial charge in [0.2, 0.25) is 5.91 Å². The van der Waals surface area contributed by atoms with Crippen molar-refractivity contribution in [2.75, 3.05) is 32.0 Å². The average molecular weight is 425 g/mol. The molecular formula is C20H28N2O4S2. The Bertz CT molecular complexity index is 739. The van der Waals surface area contributed by atoms with Crippen LogP contribution in [-0.4, -0.2) is 47.0 Å². The summed E-state index contributed by atoms with van der Waals surface area (Å²) in [7, 11) is -1.26. The van der Waals surface area contributed by atoms with Gasteiger partial charge in [-0.05, 0) is 50.6 Å². The summed E-state index contributed by atoms with van der Waals surface area (Å²) in [6.45, 7) is 4.47. The zero-order valence-electron chi connectivity index (χ0n) is 16.1. The van der Waals surface area contributed by atoms with Gasteiger partial charge in [0.15, 0.2) is 0 Å². The van der Waals surface area contributed by atoms with Gasteiger partial charge in [0.25, 0.3) is 0 Å². The van der Waals surface area contributed by atoms with Gasteiger partial charge in [-0.1, -0.05) is 6.42 Å². The molecule has 2 aromatic heterocycles. The monoisotopic (exact) mass is 424 g/mol. The van der Waals surface area contributed by atoms with Crippen LogP contribution < -0.4 is 10.1 Å². The number of nitrogens with zero attached hydrogens (tertiary/aromatic N) is 1. The first-order chi connectivity index (χ1) is 13.7. The van der Waals surface area contributed by atoms with E-state index in [2.05, 4.69) is 21.7 Å². The van der Waals surface area contributed by atoms with Crippen molar-refractivity contribution in [3.05, 3.63) is 40.5 Å². The van der Waals surface area contributed by atoms with Crippen LogP contribution in [0, 0.1) is 0 Å². The molecule has 2 aromatic rings. The Morgan fingerprint density at radius 1 is 1.32 bits per heavy atom. The van der Waals surface area contributed by atoms with Crippen molar-refractivity contribution in [3.63, 3.8) is 0 Å². The summed E-state index contributed by atoms with van der Waals surface area (Å²) in [6, 6.07) is 5.63. The van der Waals surface area contributed by atoms with Crippen molar-refractivity contribution >= 4 is 28.0 Å². The molecular weight excluding hydrogens is 396 g/mol. The van der Waals surface area contributed by atoms with Crippen molar-refractivity contribution < 1.29 is 18.2 Å². The lowest BCUT2D eigenvalue weighted by Gasteiger charge is -2.25. The lowest BCUT2D eigenvalue weighted by atomic mass is 10.1. The summed E-state index contributed by atoms with van der Waals surface area (Å²) in [4.78, 5) is 15.7. The van der Waals surface area contributed by atoms with E-state index in [0.717, 1.165) is 12.3 Å². The van der Waals surface area contributed by atoms with E-state index < -0.39 is 10.8 Å². The molecule has 1 atom stereocenters. The topological polar surface area (TPSA) is 71.8 Å². The number of ether oxygens (including phenoxy) is 1. The van der Waals surface area contributed by atoms with Crippen LogP contribution in [0.25, 0.3) is 0 Å². The smallest absolute Gasteiger partial charge is 0.232 e. The van der Waals surface area contributed by atoms with E-state index in [-0.39, 0.29) is 17.4 Å². The number of carbonyl (C=O) groups excluding carboxylic acids is 1. The summed E-state index contributed by atoms with van der Waals surface area (Å²) in [6.07, 6.45) is 6.21. The number of furan rings is 1. The predicted molar refractivity (Wildman–Crippen MR) is 112 cm³/mol. The van der Waals surface area contributed by atoms with Crippen LogP contribution in [0.15, 0.2) is 34.3 Å². The highest BCUT2D eigenvalue weighted by Gasteiger charge is 2.12. The van der Waals surface area contributed by atoms with Crippen molar-refractivity contribution in [3.8, 4) is 5.75 Å². The van der Waals surface area contributed by atoms with E-state index in [4.69, 9.17) is 9.15 Å². The molecule has 6 nitrogen and oxygen atoms in total. The molecule has 1 saturated heterocycles. The Labute approximate surface area is 172 Å². The minimum absolute atomic E-state index is 0.00799. The Morgan fingerprint density at radius 3 is 2.96 bits per heavy atom. The Hall–Kier alpha value is -1.64. The van der Waals surface area contributed by atoms with E-state index in [1.54, 1.807) is 23.5 Å². The number of rotatable bonds is 11. The summed E-state index contributed by atoms with van der Waals surface area (Å²) in [5, 5.41) is 4.84. The Morgan fingerprint density at radius 2 is 2.18 bits per heavy atom. The largest absolute Gasteiger partial charge is 0.493 e. The number of likely N-dealkylation sites (tertiary alicyclic amines) is 1. The lowest BCUT2D eigenvalue weighted by molar-refractivity contribution is -0.118.